The molecule has 2 atom stereocenters. The molecule has 2 rings (SSSR count). The molecular formula is C14H25N3. The van der Waals surface area contributed by atoms with E-state index in [4.69, 9.17) is 0 Å². The van der Waals surface area contributed by atoms with E-state index in [1.165, 1.54) is 31.4 Å². The molecule has 0 spiro atoms. The van der Waals surface area contributed by atoms with Crippen LogP contribution in [0.1, 0.15) is 44.0 Å². The molecule has 96 valence electrons. The molecular weight excluding hydrogens is 210 g/mol. The fourth-order valence-corrected chi connectivity index (χ4v) is 2.78. The van der Waals surface area contributed by atoms with E-state index in [2.05, 4.69) is 35.6 Å². The number of hydrogen-bond acceptors (Lipinski definition) is 2. The van der Waals surface area contributed by atoms with Gasteiger partial charge in [0.25, 0.3) is 0 Å². The molecule has 3 nitrogen and oxygen atoms in total. The number of imidazole rings is 1. The summed E-state index contributed by atoms with van der Waals surface area (Å²) in [4.78, 5) is 4.33. The predicted molar refractivity (Wildman–Crippen MR) is 71.1 cm³/mol. The number of nitrogens with zero attached hydrogens (tertiary/aromatic N) is 2. The highest BCUT2D eigenvalue weighted by molar-refractivity contribution is 5.08. The van der Waals surface area contributed by atoms with Crippen LogP contribution in [0.15, 0.2) is 6.33 Å². The molecule has 0 amide bonds. The molecule has 0 aromatic carbocycles. The highest BCUT2D eigenvalue weighted by Crippen LogP contribution is 2.23. The maximum atomic E-state index is 4.33. The molecule has 1 aliphatic carbocycles. The molecule has 1 heterocycles. The maximum Gasteiger partial charge on any atom is 0.0951 e. The van der Waals surface area contributed by atoms with E-state index in [0.29, 0.717) is 0 Å². The largest absolute Gasteiger partial charge is 0.333 e. The first-order valence-corrected chi connectivity index (χ1v) is 6.88. The third kappa shape index (κ3) is 3.32. The van der Waals surface area contributed by atoms with Crippen molar-refractivity contribution in [2.45, 2.75) is 59.0 Å². The summed E-state index contributed by atoms with van der Waals surface area (Å²) >= 11 is 0. The first-order chi connectivity index (χ1) is 8.16. The Morgan fingerprint density at radius 1 is 1.41 bits per heavy atom. The molecule has 3 heteroatoms. The van der Waals surface area contributed by atoms with E-state index in [9.17, 15) is 0 Å². The Bertz CT molecular complexity index is 356. The van der Waals surface area contributed by atoms with Crippen molar-refractivity contribution in [1.29, 1.82) is 0 Å². The minimum atomic E-state index is 0.740. The van der Waals surface area contributed by atoms with Crippen molar-refractivity contribution in [2.24, 2.45) is 5.92 Å². The molecule has 0 radical (unpaired) electrons. The van der Waals surface area contributed by atoms with Gasteiger partial charge >= 0.3 is 0 Å². The SMILES string of the molecule is Cc1ncn(CCNC2CCCC(C)C2)c1C. The summed E-state index contributed by atoms with van der Waals surface area (Å²) < 4.78 is 2.24. The van der Waals surface area contributed by atoms with Crippen LogP contribution in [0.3, 0.4) is 0 Å². The summed E-state index contributed by atoms with van der Waals surface area (Å²) in [7, 11) is 0. The van der Waals surface area contributed by atoms with Crippen molar-refractivity contribution in [3.63, 3.8) is 0 Å². The maximum absolute atomic E-state index is 4.33. The van der Waals surface area contributed by atoms with Crippen LogP contribution in [0.5, 0.6) is 0 Å². The molecule has 2 unspecified atom stereocenters. The molecule has 1 aromatic heterocycles. The first kappa shape index (κ1) is 12.6. The van der Waals surface area contributed by atoms with Gasteiger partial charge in [-0.3, -0.25) is 0 Å². The molecule has 1 N–H and O–H groups in total. The van der Waals surface area contributed by atoms with Crippen LogP contribution in [0.2, 0.25) is 0 Å². The molecule has 1 fully saturated rings. The highest BCUT2D eigenvalue weighted by atomic mass is 15.1. The van der Waals surface area contributed by atoms with Crippen molar-refractivity contribution >= 4 is 0 Å². The van der Waals surface area contributed by atoms with Crippen LogP contribution >= 0.6 is 0 Å². The lowest BCUT2D eigenvalue weighted by molar-refractivity contribution is 0.299. The van der Waals surface area contributed by atoms with E-state index in [1.54, 1.807) is 0 Å². The van der Waals surface area contributed by atoms with Gasteiger partial charge in [-0.15, -0.1) is 0 Å². The van der Waals surface area contributed by atoms with E-state index in [-0.39, 0.29) is 0 Å². The monoisotopic (exact) mass is 235 g/mol. The molecule has 0 aliphatic heterocycles. The molecule has 1 aliphatic rings. The fourth-order valence-electron chi connectivity index (χ4n) is 2.78. The Morgan fingerprint density at radius 2 is 2.24 bits per heavy atom. The van der Waals surface area contributed by atoms with Crippen LogP contribution < -0.4 is 5.32 Å². The Labute approximate surface area is 105 Å². The summed E-state index contributed by atoms with van der Waals surface area (Å²) in [5.41, 5.74) is 2.44. The van der Waals surface area contributed by atoms with Gasteiger partial charge in [-0.1, -0.05) is 19.8 Å². The Balaban J connectivity index is 1.74. The standard InChI is InChI=1S/C14H25N3/c1-11-5-4-6-14(9-11)15-7-8-17-10-16-12(2)13(17)3/h10-11,14-15H,4-9H2,1-3H3. The van der Waals surface area contributed by atoms with Gasteiger partial charge in [0.05, 0.1) is 12.0 Å². The van der Waals surface area contributed by atoms with Crippen molar-refractivity contribution in [2.75, 3.05) is 6.54 Å². The molecule has 0 saturated heterocycles. The average molecular weight is 235 g/mol. The topological polar surface area (TPSA) is 29.9 Å². The summed E-state index contributed by atoms with van der Waals surface area (Å²) in [6.07, 6.45) is 7.46. The summed E-state index contributed by atoms with van der Waals surface area (Å²) in [5.74, 6) is 0.901. The first-order valence-electron chi connectivity index (χ1n) is 6.88. The van der Waals surface area contributed by atoms with Gasteiger partial charge in [0, 0.05) is 24.8 Å². The lowest BCUT2D eigenvalue weighted by atomic mass is 9.87. The van der Waals surface area contributed by atoms with Crippen molar-refractivity contribution in [3.8, 4) is 0 Å². The van der Waals surface area contributed by atoms with Gasteiger partial charge in [-0.2, -0.15) is 0 Å². The van der Waals surface area contributed by atoms with Crippen LogP contribution in [0.4, 0.5) is 0 Å². The highest BCUT2D eigenvalue weighted by Gasteiger charge is 2.17. The summed E-state index contributed by atoms with van der Waals surface area (Å²) in [6, 6.07) is 0.740. The second kappa shape index (κ2) is 5.67. The van der Waals surface area contributed by atoms with E-state index < -0.39 is 0 Å². The van der Waals surface area contributed by atoms with Crippen LogP contribution in [0.25, 0.3) is 0 Å². The third-order valence-corrected chi connectivity index (χ3v) is 4.07. The van der Waals surface area contributed by atoms with Crippen molar-refractivity contribution in [3.05, 3.63) is 17.7 Å². The molecule has 0 bridgehead atoms. The minimum Gasteiger partial charge on any atom is -0.333 e. The van der Waals surface area contributed by atoms with Gasteiger partial charge in [0.1, 0.15) is 0 Å². The van der Waals surface area contributed by atoms with E-state index in [0.717, 1.165) is 30.7 Å². The zero-order valence-electron chi connectivity index (χ0n) is 11.4. The Morgan fingerprint density at radius 3 is 2.88 bits per heavy atom. The summed E-state index contributed by atoms with van der Waals surface area (Å²) in [5, 5.41) is 3.69. The number of aromatic nitrogens is 2. The second-order valence-corrected chi connectivity index (χ2v) is 5.53. The lowest BCUT2D eigenvalue weighted by Crippen LogP contribution is -2.35. The molecule has 1 saturated carbocycles. The number of nitrogens with one attached hydrogen (secondary N) is 1. The quantitative estimate of drug-likeness (QED) is 0.869. The van der Waals surface area contributed by atoms with Crippen LogP contribution in [0, 0.1) is 19.8 Å². The van der Waals surface area contributed by atoms with Crippen molar-refractivity contribution in [1.82, 2.24) is 14.9 Å². The number of hydrogen-bond donors (Lipinski definition) is 1. The van der Waals surface area contributed by atoms with Gasteiger partial charge in [-0.25, -0.2) is 4.98 Å². The lowest BCUT2D eigenvalue weighted by Gasteiger charge is -2.27. The zero-order chi connectivity index (χ0) is 12.3. The van der Waals surface area contributed by atoms with Crippen LogP contribution in [-0.2, 0) is 6.54 Å². The predicted octanol–water partition coefficient (Wildman–Crippen LogP) is 2.67. The summed E-state index contributed by atoms with van der Waals surface area (Å²) in [6.45, 7) is 8.69. The van der Waals surface area contributed by atoms with Gasteiger partial charge < -0.3 is 9.88 Å². The van der Waals surface area contributed by atoms with E-state index in [1.807, 2.05) is 6.33 Å². The third-order valence-electron chi connectivity index (χ3n) is 4.07. The minimum absolute atomic E-state index is 0.740. The van der Waals surface area contributed by atoms with Gasteiger partial charge in [0.15, 0.2) is 0 Å². The number of rotatable bonds is 4. The fraction of sp³-hybridized carbons (Fsp3) is 0.786. The van der Waals surface area contributed by atoms with Crippen LogP contribution in [-0.4, -0.2) is 22.1 Å². The number of aryl methyl sites for hydroxylation is 1. The smallest absolute Gasteiger partial charge is 0.0951 e. The van der Waals surface area contributed by atoms with Gasteiger partial charge in [-0.05, 0) is 32.6 Å². The van der Waals surface area contributed by atoms with Crippen molar-refractivity contribution < 1.29 is 0 Å². The second-order valence-electron chi connectivity index (χ2n) is 5.53. The Kier molecular flexibility index (Phi) is 4.21. The van der Waals surface area contributed by atoms with Gasteiger partial charge in [0.2, 0.25) is 0 Å². The molecule has 17 heavy (non-hydrogen) atoms. The zero-order valence-corrected chi connectivity index (χ0v) is 11.4. The normalized spacial score (nSPS) is 25.1. The average Bonchev–Trinajstić information content (AvgIpc) is 2.61. The molecule has 1 aromatic rings. The Hall–Kier alpha value is -0.830. The van der Waals surface area contributed by atoms with E-state index >= 15 is 0 Å².